The monoisotopic (exact) mass is 358 g/mol. The molecule has 0 aliphatic heterocycles. The van der Waals surface area contributed by atoms with E-state index < -0.39 is 12.0 Å². The first-order valence-corrected chi connectivity index (χ1v) is 8.01. The van der Waals surface area contributed by atoms with E-state index in [1.807, 2.05) is 24.4 Å². The van der Waals surface area contributed by atoms with Gasteiger partial charge in [0.2, 0.25) is 11.8 Å². The minimum Gasteiger partial charge on any atom is -0.369 e. The van der Waals surface area contributed by atoms with Crippen LogP contribution in [0.15, 0.2) is 22.5 Å². The molecule has 2 heterocycles. The predicted molar refractivity (Wildman–Crippen MR) is 87.6 cm³/mol. The van der Waals surface area contributed by atoms with Crippen molar-refractivity contribution in [3.63, 3.8) is 0 Å². The molecular weight excluding hydrogens is 341 g/mol. The molecule has 0 aliphatic carbocycles. The zero-order valence-corrected chi connectivity index (χ0v) is 14.2. The molecule has 2 aromatic rings. The molecule has 0 amide bonds. The van der Waals surface area contributed by atoms with Crippen LogP contribution in [0, 0.1) is 0 Å². The van der Waals surface area contributed by atoms with Gasteiger partial charge in [0, 0.05) is 19.0 Å². The molecule has 130 valence electrons. The summed E-state index contributed by atoms with van der Waals surface area (Å²) in [6, 6.07) is 3.60. The molecule has 0 aliphatic rings. The van der Waals surface area contributed by atoms with Crippen LogP contribution in [0.1, 0.15) is 30.1 Å². The smallest absolute Gasteiger partial charge is 0.369 e. The van der Waals surface area contributed by atoms with Crippen molar-refractivity contribution in [3.05, 3.63) is 28.2 Å². The summed E-state index contributed by atoms with van der Waals surface area (Å²) >= 11 is 1.51. The maximum absolute atomic E-state index is 13.0. The van der Waals surface area contributed by atoms with Crippen LogP contribution in [0.2, 0.25) is 0 Å². The van der Waals surface area contributed by atoms with Crippen LogP contribution in [0.3, 0.4) is 0 Å². The minimum atomic E-state index is -4.67. The number of hydrogen-bond donors (Lipinski definition) is 1. The highest BCUT2D eigenvalue weighted by molar-refractivity contribution is 7.10. The molecule has 0 bridgehead atoms. The SMILES string of the molecule is CCC(Nc1nc(/N=C/N(C)C)nc(C(F)(F)F)n1)c1cccs1. The third kappa shape index (κ3) is 4.88. The minimum absolute atomic E-state index is 0.150. The van der Waals surface area contributed by atoms with Crippen LogP contribution < -0.4 is 5.32 Å². The van der Waals surface area contributed by atoms with Crippen molar-refractivity contribution in [2.75, 3.05) is 19.4 Å². The molecular formula is C14H17F3N6S. The number of hydrogen-bond acceptors (Lipinski definition) is 6. The van der Waals surface area contributed by atoms with Gasteiger partial charge in [0.05, 0.1) is 12.4 Å². The van der Waals surface area contributed by atoms with Crippen molar-refractivity contribution in [2.45, 2.75) is 25.6 Å². The average molecular weight is 358 g/mol. The average Bonchev–Trinajstić information content (AvgIpc) is 3.03. The van der Waals surface area contributed by atoms with E-state index in [0.717, 1.165) is 4.88 Å². The lowest BCUT2D eigenvalue weighted by Gasteiger charge is -2.16. The van der Waals surface area contributed by atoms with Crippen LogP contribution in [-0.2, 0) is 6.18 Å². The number of nitrogens with one attached hydrogen (secondary N) is 1. The molecule has 6 nitrogen and oxygen atoms in total. The van der Waals surface area contributed by atoms with Gasteiger partial charge in [-0.2, -0.15) is 28.1 Å². The van der Waals surface area contributed by atoms with Crippen LogP contribution in [0.25, 0.3) is 0 Å². The van der Waals surface area contributed by atoms with Gasteiger partial charge >= 0.3 is 6.18 Å². The second kappa shape index (κ2) is 7.56. The summed E-state index contributed by atoms with van der Waals surface area (Å²) in [7, 11) is 3.39. The van der Waals surface area contributed by atoms with Crippen molar-refractivity contribution < 1.29 is 13.2 Å². The first-order valence-electron chi connectivity index (χ1n) is 7.13. The molecule has 1 atom stereocenters. The van der Waals surface area contributed by atoms with E-state index in [-0.39, 0.29) is 17.9 Å². The summed E-state index contributed by atoms with van der Waals surface area (Å²) < 4.78 is 39.0. The van der Waals surface area contributed by atoms with Crippen molar-refractivity contribution in [3.8, 4) is 0 Å². The van der Waals surface area contributed by atoms with Gasteiger partial charge in [-0.15, -0.1) is 11.3 Å². The van der Waals surface area contributed by atoms with Crippen molar-refractivity contribution in [1.29, 1.82) is 0 Å². The highest BCUT2D eigenvalue weighted by atomic mass is 32.1. The second-order valence-corrected chi connectivity index (χ2v) is 6.09. The van der Waals surface area contributed by atoms with Crippen LogP contribution >= 0.6 is 11.3 Å². The lowest BCUT2D eigenvalue weighted by atomic mass is 10.2. The van der Waals surface area contributed by atoms with E-state index in [1.165, 1.54) is 17.7 Å². The number of alkyl halides is 3. The molecule has 0 saturated heterocycles. The number of nitrogens with zero attached hydrogens (tertiary/aromatic N) is 5. The Balaban J connectivity index is 2.35. The largest absolute Gasteiger partial charge is 0.451 e. The number of halogens is 3. The number of anilines is 1. The normalized spacial score (nSPS) is 13.2. The Morgan fingerprint density at radius 2 is 2.08 bits per heavy atom. The highest BCUT2D eigenvalue weighted by Gasteiger charge is 2.36. The number of thiophene rings is 1. The van der Waals surface area contributed by atoms with Crippen molar-refractivity contribution >= 4 is 29.6 Å². The zero-order valence-electron chi connectivity index (χ0n) is 13.4. The van der Waals surface area contributed by atoms with Crippen LogP contribution in [0.4, 0.5) is 25.1 Å². The van der Waals surface area contributed by atoms with Gasteiger partial charge in [0.1, 0.15) is 0 Å². The highest BCUT2D eigenvalue weighted by Crippen LogP contribution is 2.29. The molecule has 2 aromatic heterocycles. The lowest BCUT2D eigenvalue weighted by molar-refractivity contribution is -0.144. The first-order chi connectivity index (χ1) is 11.3. The Morgan fingerprint density at radius 1 is 1.33 bits per heavy atom. The number of aromatic nitrogens is 3. The van der Waals surface area contributed by atoms with Gasteiger partial charge in [-0.05, 0) is 17.9 Å². The lowest BCUT2D eigenvalue weighted by Crippen LogP contribution is -2.17. The first kappa shape index (κ1) is 18.1. The van der Waals surface area contributed by atoms with E-state index in [4.69, 9.17) is 0 Å². The fourth-order valence-electron chi connectivity index (χ4n) is 1.80. The van der Waals surface area contributed by atoms with E-state index in [2.05, 4.69) is 25.3 Å². The van der Waals surface area contributed by atoms with Gasteiger partial charge in [0.25, 0.3) is 5.95 Å². The summed E-state index contributed by atoms with van der Waals surface area (Å²) in [6.45, 7) is 1.92. The Kier molecular flexibility index (Phi) is 5.71. The van der Waals surface area contributed by atoms with Gasteiger partial charge < -0.3 is 10.2 Å². The van der Waals surface area contributed by atoms with Crippen molar-refractivity contribution in [2.24, 2.45) is 4.99 Å². The van der Waals surface area contributed by atoms with Gasteiger partial charge in [-0.3, -0.25) is 0 Å². The van der Waals surface area contributed by atoms with E-state index in [1.54, 1.807) is 19.0 Å². The van der Waals surface area contributed by atoms with Crippen molar-refractivity contribution in [1.82, 2.24) is 19.9 Å². The number of aliphatic imine (C=N–C) groups is 1. The van der Waals surface area contributed by atoms with E-state index in [9.17, 15) is 13.2 Å². The number of rotatable bonds is 6. The maximum Gasteiger partial charge on any atom is 0.451 e. The topological polar surface area (TPSA) is 66.3 Å². The third-order valence-electron chi connectivity index (χ3n) is 2.88. The molecule has 0 radical (unpaired) electrons. The zero-order chi connectivity index (χ0) is 17.7. The molecule has 2 rings (SSSR count). The van der Waals surface area contributed by atoms with Crippen LogP contribution in [-0.4, -0.2) is 40.3 Å². The molecule has 0 saturated carbocycles. The fourth-order valence-corrected chi connectivity index (χ4v) is 2.66. The predicted octanol–water partition coefficient (Wildman–Crippen LogP) is 3.74. The Bertz CT molecular complexity index is 684. The van der Waals surface area contributed by atoms with Gasteiger partial charge in [-0.1, -0.05) is 13.0 Å². The Labute approximate surface area is 141 Å². The molecule has 24 heavy (non-hydrogen) atoms. The summed E-state index contributed by atoms with van der Waals surface area (Å²) in [5, 5.41) is 4.84. The Hall–Kier alpha value is -2.23. The van der Waals surface area contributed by atoms with Gasteiger partial charge in [0.15, 0.2) is 0 Å². The van der Waals surface area contributed by atoms with E-state index >= 15 is 0 Å². The summed E-state index contributed by atoms with van der Waals surface area (Å²) in [5.74, 6) is -1.72. The molecule has 1 N–H and O–H groups in total. The fraction of sp³-hybridized carbons (Fsp3) is 0.429. The molecule has 0 spiro atoms. The second-order valence-electron chi connectivity index (χ2n) is 5.11. The molecule has 0 aromatic carbocycles. The molecule has 1 unspecified atom stereocenters. The van der Waals surface area contributed by atoms with E-state index in [0.29, 0.717) is 6.42 Å². The molecule has 10 heteroatoms. The standard InChI is InChI=1S/C14H17F3N6S/c1-4-9(10-6-5-7-24-10)19-13-21-11(14(15,16)17)20-12(22-13)18-8-23(2)3/h5-9H,4H2,1-3H3,(H,19,20,21,22)/b18-8+. The third-order valence-corrected chi connectivity index (χ3v) is 3.87. The van der Waals surface area contributed by atoms with Gasteiger partial charge in [-0.25, -0.2) is 4.99 Å². The summed E-state index contributed by atoms with van der Waals surface area (Å²) in [4.78, 5) is 17.2. The Morgan fingerprint density at radius 3 is 2.62 bits per heavy atom. The summed E-state index contributed by atoms with van der Waals surface area (Å²) in [6.07, 6.45) is -2.67. The van der Waals surface area contributed by atoms with Crippen LogP contribution in [0.5, 0.6) is 0 Å². The quantitative estimate of drug-likeness (QED) is 0.629. The molecule has 0 fully saturated rings. The maximum atomic E-state index is 13.0. The summed E-state index contributed by atoms with van der Waals surface area (Å²) in [5.41, 5.74) is 0.